The van der Waals surface area contributed by atoms with Gasteiger partial charge in [0.25, 0.3) is 0 Å². The fourth-order valence-electron chi connectivity index (χ4n) is 2.11. The Hall–Kier alpha value is -1.94. The van der Waals surface area contributed by atoms with Crippen LogP contribution < -0.4 is 5.32 Å². The molecule has 2 aromatic carbocycles. The number of halogens is 2. The van der Waals surface area contributed by atoms with E-state index in [0.29, 0.717) is 12.1 Å². The summed E-state index contributed by atoms with van der Waals surface area (Å²) in [5, 5.41) is 12.7. The third kappa shape index (κ3) is 3.78. The Morgan fingerprint density at radius 3 is 2.35 bits per heavy atom. The molecule has 0 amide bonds. The van der Waals surface area contributed by atoms with E-state index >= 15 is 0 Å². The van der Waals surface area contributed by atoms with Crippen molar-refractivity contribution in [2.75, 3.05) is 11.9 Å². The number of benzene rings is 2. The minimum atomic E-state index is -0.647. The van der Waals surface area contributed by atoms with Crippen LogP contribution in [0.25, 0.3) is 0 Å². The smallest absolute Gasteiger partial charge is 0.125 e. The molecule has 20 heavy (non-hydrogen) atoms. The molecule has 0 aromatic heterocycles. The van der Waals surface area contributed by atoms with Gasteiger partial charge in [0.2, 0.25) is 0 Å². The third-order valence-corrected chi connectivity index (χ3v) is 3.13. The number of hydrogen-bond acceptors (Lipinski definition) is 2. The molecule has 2 N–H and O–H groups in total. The normalized spacial score (nSPS) is 13.8. The molecule has 0 aliphatic heterocycles. The molecule has 0 bridgehead atoms. The van der Waals surface area contributed by atoms with Crippen LogP contribution in [-0.4, -0.2) is 17.3 Å². The monoisotopic (exact) mass is 277 g/mol. The summed E-state index contributed by atoms with van der Waals surface area (Å²) in [6.07, 6.45) is 0.500. The third-order valence-electron chi connectivity index (χ3n) is 3.13. The van der Waals surface area contributed by atoms with Gasteiger partial charge in [-0.25, -0.2) is 8.78 Å². The molecular weight excluding hydrogens is 260 g/mol. The van der Waals surface area contributed by atoms with Gasteiger partial charge >= 0.3 is 0 Å². The van der Waals surface area contributed by atoms with Crippen LogP contribution in [0, 0.1) is 11.6 Å². The summed E-state index contributed by atoms with van der Waals surface area (Å²) < 4.78 is 26.1. The van der Waals surface area contributed by atoms with Gasteiger partial charge < -0.3 is 10.4 Å². The first-order valence-corrected chi connectivity index (χ1v) is 6.40. The maximum absolute atomic E-state index is 13.2. The lowest BCUT2D eigenvalue weighted by Gasteiger charge is -2.30. The second-order valence-corrected chi connectivity index (χ2v) is 5.16. The summed E-state index contributed by atoms with van der Waals surface area (Å²) in [7, 11) is 0. The quantitative estimate of drug-likeness (QED) is 0.878. The number of anilines is 1. The van der Waals surface area contributed by atoms with E-state index in [2.05, 4.69) is 5.32 Å². The zero-order chi connectivity index (χ0) is 14.6. The molecule has 106 valence electrons. The number of aliphatic hydroxyl groups excluding tert-OH is 1. The molecule has 0 aliphatic carbocycles. The number of nitrogens with one attached hydrogen (secondary N) is 1. The fraction of sp³-hybridized carbons (Fsp3) is 0.250. The van der Waals surface area contributed by atoms with Crippen molar-refractivity contribution >= 4 is 5.69 Å². The second kappa shape index (κ2) is 6.01. The maximum Gasteiger partial charge on any atom is 0.125 e. The van der Waals surface area contributed by atoms with Crippen molar-refractivity contribution in [1.82, 2.24) is 0 Å². The molecule has 2 nitrogen and oxygen atoms in total. The average Bonchev–Trinajstić information content (AvgIpc) is 2.41. The molecule has 0 heterocycles. The highest BCUT2D eigenvalue weighted by Crippen LogP contribution is 2.20. The highest BCUT2D eigenvalue weighted by atomic mass is 19.1. The Labute approximate surface area is 117 Å². The van der Waals surface area contributed by atoms with E-state index in [1.807, 2.05) is 6.92 Å². The molecular formula is C16H17F2NO. The van der Waals surface area contributed by atoms with Gasteiger partial charge in [-0.05, 0) is 49.2 Å². The van der Waals surface area contributed by atoms with Crippen LogP contribution in [0.1, 0.15) is 12.5 Å². The van der Waals surface area contributed by atoms with Gasteiger partial charge in [0.1, 0.15) is 11.6 Å². The van der Waals surface area contributed by atoms with Crippen molar-refractivity contribution in [3.8, 4) is 0 Å². The van der Waals surface area contributed by atoms with E-state index < -0.39 is 5.54 Å². The van der Waals surface area contributed by atoms with Crippen LogP contribution >= 0.6 is 0 Å². The highest BCUT2D eigenvalue weighted by molar-refractivity contribution is 5.46. The van der Waals surface area contributed by atoms with Crippen molar-refractivity contribution in [3.05, 3.63) is 65.7 Å². The maximum atomic E-state index is 13.2. The molecule has 0 saturated carbocycles. The van der Waals surface area contributed by atoms with Crippen LogP contribution in [0.5, 0.6) is 0 Å². The van der Waals surface area contributed by atoms with E-state index in [-0.39, 0.29) is 18.2 Å². The standard InChI is InChI=1S/C16H17F2NO/c1-16(11-20,10-12-5-7-13(17)8-6-12)19-15-4-2-3-14(18)9-15/h2-9,19-20H,10-11H2,1H3. The molecule has 1 unspecified atom stereocenters. The van der Waals surface area contributed by atoms with Crippen molar-refractivity contribution in [1.29, 1.82) is 0 Å². The van der Waals surface area contributed by atoms with Gasteiger partial charge in [-0.2, -0.15) is 0 Å². The van der Waals surface area contributed by atoms with Gasteiger partial charge in [0, 0.05) is 5.69 Å². The van der Waals surface area contributed by atoms with Gasteiger partial charge in [0.05, 0.1) is 12.1 Å². The topological polar surface area (TPSA) is 32.3 Å². The molecule has 0 fully saturated rings. The van der Waals surface area contributed by atoms with Crippen molar-refractivity contribution in [2.45, 2.75) is 18.9 Å². The molecule has 2 rings (SSSR count). The summed E-state index contributed by atoms with van der Waals surface area (Å²) in [5.41, 5.74) is 0.849. The van der Waals surface area contributed by atoms with Gasteiger partial charge in [-0.1, -0.05) is 18.2 Å². The number of rotatable bonds is 5. The Bertz CT molecular complexity index is 571. The zero-order valence-electron chi connectivity index (χ0n) is 11.2. The van der Waals surface area contributed by atoms with Crippen LogP contribution in [0.3, 0.4) is 0 Å². The van der Waals surface area contributed by atoms with Crippen molar-refractivity contribution < 1.29 is 13.9 Å². The van der Waals surface area contributed by atoms with Gasteiger partial charge in [-0.3, -0.25) is 0 Å². The summed E-state index contributed by atoms with van der Waals surface area (Å²) in [4.78, 5) is 0. The van der Waals surface area contributed by atoms with Crippen LogP contribution in [0.4, 0.5) is 14.5 Å². The van der Waals surface area contributed by atoms with E-state index in [0.717, 1.165) is 5.56 Å². The Morgan fingerprint density at radius 2 is 1.75 bits per heavy atom. The molecule has 2 aromatic rings. The second-order valence-electron chi connectivity index (χ2n) is 5.16. The first kappa shape index (κ1) is 14.5. The number of hydrogen-bond donors (Lipinski definition) is 2. The number of aliphatic hydroxyl groups is 1. The van der Waals surface area contributed by atoms with E-state index in [1.165, 1.54) is 24.3 Å². The highest BCUT2D eigenvalue weighted by Gasteiger charge is 2.23. The van der Waals surface area contributed by atoms with E-state index in [9.17, 15) is 13.9 Å². The molecule has 1 atom stereocenters. The lowest BCUT2D eigenvalue weighted by atomic mass is 9.93. The SMILES string of the molecule is CC(CO)(Cc1ccc(F)cc1)Nc1cccc(F)c1. The first-order chi connectivity index (χ1) is 9.50. The van der Waals surface area contributed by atoms with E-state index in [1.54, 1.807) is 24.3 Å². The zero-order valence-corrected chi connectivity index (χ0v) is 11.2. The van der Waals surface area contributed by atoms with Crippen molar-refractivity contribution in [3.63, 3.8) is 0 Å². The molecule has 0 radical (unpaired) electrons. The lowest BCUT2D eigenvalue weighted by Crippen LogP contribution is -2.41. The van der Waals surface area contributed by atoms with Gasteiger partial charge in [0.15, 0.2) is 0 Å². The minimum absolute atomic E-state index is 0.124. The Kier molecular flexibility index (Phi) is 4.35. The Balaban J connectivity index is 2.14. The molecule has 0 saturated heterocycles. The van der Waals surface area contributed by atoms with Gasteiger partial charge in [-0.15, -0.1) is 0 Å². The summed E-state index contributed by atoms with van der Waals surface area (Å²) >= 11 is 0. The Morgan fingerprint density at radius 1 is 1.05 bits per heavy atom. The predicted molar refractivity (Wildman–Crippen MR) is 75.6 cm³/mol. The first-order valence-electron chi connectivity index (χ1n) is 6.40. The lowest BCUT2D eigenvalue weighted by molar-refractivity contribution is 0.222. The van der Waals surface area contributed by atoms with Crippen LogP contribution in [-0.2, 0) is 6.42 Å². The van der Waals surface area contributed by atoms with Crippen LogP contribution in [0.2, 0.25) is 0 Å². The summed E-state index contributed by atoms with van der Waals surface area (Å²) in [5.74, 6) is -0.630. The molecule has 4 heteroatoms. The fourth-order valence-corrected chi connectivity index (χ4v) is 2.11. The minimum Gasteiger partial charge on any atom is -0.394 e. The van der Waals surface area contributed by atoms with E-state index in [4.69, 9.17) is 0 Å². The summed E-state index contributed by atoms with van der Waals surface area (Å²) in [6, 6.07) is 12.2. The largest absolute Gasteiger partial charge is 0.394 e. The summed E-state index contributed by atoms with van der Waals surface area (Å²) in [6.45, 7) is 1.71. The average molecular weight is 277 g/mol. The molecule has 0 spiro atoms. The van der Waals surface area contributed by atoms with Crippen molar-refractivity contribution in [2.24, 2.45) is 0 Å². The van der Waals surface area contributed by atoms with Crippen LogP contribution in [0.15, 0.2) is 48.5 Å². The predicted octanol–water partition coefficient (Wildman–Crippen LogP) is 3.37. The molecule has 0 aliphatic rings.